The van der Waals surface area contributed by atoms with Crippen LogP contribution in [0.25, 0.3) is 11.3 Å². The summed E-state index contributed by atoms with van der Waals surface area (Å²) in [6.45, 7) is 3.44. The normalized spacial score (nSPS) is 14.4. The fraction of sp³-hybridized carbons (Fsp3) is 0.375. The molecular weight excluding hydrogens is 442 g/mol. The third kappa shape index (κ3) is 6.54. The summed E-state index contributed by atoms with van der Waals surface area (Å²) in [4.78, 5) is 18.2. The van der Waals surface area contributed by atoms with Gasteiger partial charge in [-0.2, -0.15) is 5.10 Å². The summed E-state index contributed by atoms with van der Waals surface area (Å²) >= 11 is 5.76. The molecule has 0 saturated carbocycles. The lowest BCUT2D eigenvalue weighted by molar-refractivity contribution is -0.130. The first kappa shape index (κ1) is 23.2. The highest BCUT2D eigenvalue weighted by atomic mass is 35.5. The van der Waals surface area contributed by atoms with Gasteiger partial charge < -0.3 is 20.1 Å². The molecule has 1 fully saturated rings. The number of halogens is 1. The molecule has 3 aromatic rings. The highest BCUT2D eigenvalue weighted by Crippen LogP contribution is 2.21. The highest BCUT2D eigenvalue weighted by molar-refractivity contribution is 6.29. The van der Waals surface area contributed by atoms with Crippen LogP contribution in [0.3, 0.4) is 0 Å². The summed E-state index contributed by atoms with van der Waals surface area (Å²) in [6, 6.07) is 13.0. The summed E-state index contributed by atoms with van der Waals surface area (Å²) in [5, 5.41) is 18.3. The summed E-state index contributed by atoms with van der Waals surface area (Å²) in [5.41, 5.74) is 2.50. The fourth-order valence-corrected chi connectivity index (χ4v) is 3.82. The molecule has 33 heavy (non-hydrogen) atoms. The number of aliphatic hydroxyl groups excluding tert-OH is 1. The summed E-state index contributed by atoms with van der Waals surface area (Å²) in [7, 11) is 0. The predicted molar refractivity (Wildman–Crippen MR) is 126 cm³/mol. The van der Waals surface area contributed by atoms with Crippen LogP contribution in [0.15, 0.2) is 54.9 Å². The minimum atomic E-state index is -0.653. The van der Waals surface area contributed by atoms with Crippen LogP contribution in [-0.2, 0) is 11.3 Å². The molecule has 9 heteroatoms. The van der Waals surface area contributed by atoms with Crippen LogP contribution in [0.1, 0.15) is 24.5 Å². The molecule has 4 rings (SSSR count). The predicted octanol–water partition coefficient (Wildman–Crippen LogP) is 2.92. The van der Waals surface area contributed by atoms with E-state index in [-0.39, 0.29) is 12.5 Å². The lowest BCUT2D eigenvalue weighted by Gasteiger charge is -2.14. The lowest BCUT2D eigenvalue weighted by atomic mass is 10.1. The Balaban J connectivity index is 1.19. The zero-order chi connectivity index (χ0) is 23.0. The van der Waals surface area contributed by atoms with Crippen LogP contribution in [0.5, 0.6) is 5.75 Å². The zero-order valence-corrected chi connectivity index (χ0v) is 19.1. The van der Waals surface area contributed by atoms with Crippen molar-refractivity contribution < 1.29 is 14.6 Å². The number of likely N-dealkylation sites (tertiary alicyclic amines) is 1. The average Bonchev–Trinajstić information content (AvgIpc) is 3.52. The van der Waals surface area contributed by atoms with E-state index in [2.05, 4.69) is 15.4 Å². The van der Waals surface area contributed by atoms with Gasteiger partial charge in [-0.05, 0) is 49.2 Å². The van der Waals surface area contributed by atoms with Gasteiger partial charge in [-0.3, -0.25) is 9.48 Å². The van der Waals surface area contributed by atoms with E-state index >= 15 is 0 Å². The van der Waals surface area contributed by atoms with Gasteiger partial charge in [-0.25, -0.2) is 4.98 Å². The van der Waals surface area contributed by atoms with Gasteiger partial charge in [0.1, 0.15) is 24.1 Å². The lowest BCUT2D eigenvalue weighted by Crippen LogP contribution is -2.31. The molecule has 8 nitrogen and oxygen atoms in total. The smallest absolute Gasteiger partial charge is 0.244 e. The van der Waals surface area contributed by atoms with Crippen LogP contribution >= 0.6 is 11.6 Å². The SMILES string of the molecule is O=C(Cn1ccc(-c2ccc(OCCNC[C@@H](O)c3ccc(Cl)nc3)cc2)n1)N1CCCC1. The molecule has 1 saturated heterocycles. The number of amides is 1. The van der Waals surface area contributed by atoms with Crippen molar-refractivity contribution in [2.24, 2.45) is 0 Å². The zero-order valence-electron chi connectivity index (χ0n) is 18.4. The van der Waals surface area contributed by atoms with Crippen LogP contribution < -0.4 is 10.1 Å². The minimum Gasteiger partial charge on any atom is -0.492 e. The maximum atomic E-state index is 12.3. The van der Waals surface area contributed by atoms with E-state index in [0.29, 0.717) is 30.4 Å². The third-order valence-electron chi connectivity index (χ3n) is 5.57. The molecule has 0 bridgehead atoms. The number of hydrogen-bond acceptors (Lipinski definition) is 6. The molecule has 3 heterocycles. The first-order valence-corrected chi connectivity index (χ1v) is 11.5. The van der Waals surface area contributed by atoms with Gasteiger partial charge in [-0.1, -0.05) is 17.7 Å². The molecule has 0 unspecified atom stereocenters. The van der Waals surface area contributed by atoms with E-state index in [1.54, 1.807) is 23.0 Å². The number of nitrogens with zero attached hydrogens (tertiary/aromatic N) is 4. The Kier molecular flexibility index (Phi) is 7.93. The third-order valence-corrected chi connectivity index (χ3v) is 5.79. The van der Waals surface area contributed by atoms with Gasteiger partial charge in [0.25, 0.3) is 0 Å². The standard InChI is InChI=1S/C24H28ClN5O3/c25-23-8-5-19(15-27-23)22(31)16-26-10-14-33-20-6-3-18(4-7-20)21-9-13-30(28-21)17-24(32)29-11-1-2-12-29/h3-9,13,15,22,26,31H,1-2,10-12,14,16-17H2/t22-/m1/s1. The van der Waals surface area contributed by atoms with Crippen LogP contribution in [0.2, 0.25) is 5.15 Å². The molecule has 0 aliphatic carbocycles. The van der Waals surface area contributed by atoms with Crippen molar-refractivity contribution in [3.8, 4) is 17.0 Å². The molecule has 0 spiro atoms. The number of rotatable bonds is 10. The molecule has 2 aromatic heterocycles. The molecule has 1 aliphatic heterocycles. The van der Waals surface area contributed by atoms with Crippen LogP contribution in [0, 0.1) is 0 Å². The highest BCUT2D eigenvalue weighted by Gasteiger charge is 2.18. The van der Waals surface area contributed by atoms with Gasteiger partial charge >= 0.3 is 0 Å². The van der Waals surface area contributed by atoms with Gasteiger partial charge in [0.2, 0.25) is 5.91 Å². The Morgan fingerprint density at radius 2 is 1.94 bits per heavy atom. The van der Waals surface area contributed by atoms with E-state index in [1.807, 2.05) is 41.4 Å². The number of carbonyl (C=O) groups is 1. The van der Waals surface area contributed by atoms with E-state index in [1.165, 1.54) is 0 Å². The number of nitrogens with one attached hydrogen (secondary N) is 1. The average molecular weight is 470 g/mol. The van der Waals surface area contributed by atoms with Gasteiger partial charge in [0.15, 0.2) is 0 Å². The number of aromatic nitrogens is 3. The van der Waals surface area contributed by atoms with E-state index < -0.39 is 6.10 Å². The monoisotopic (exact) mass is 469 g/mol. The van der Waals surface area contributed by atoms with Crippen molar-refractivity contribution in [2.45, 2.75) is 25.5 Å². The number of hydrogen-bond donors (Lipinski definition) is 2. The quantitative estimate of drug-likeness (QED) is 0.350. The number of aliphatic hydroxyl groups is 1. The Labute approximate surface area is 198 Å². The summed E-state index contributed by atoms with van der Waals surface area (Å²) in [5.74, 6) is 0.878. The van der Waals surface area contributed by atoms with Crippen molar-refractivity contribution in [1.29, 1.82) is 0 Å². The second kappa shape index (κ2) is 11.3. The molecule has 174 valence electrons. The molecule has 0 radical (unpaired) electrons. The van der Waals surface area contributed by atoms with Crippen molar-refractivity contribution in [1.82, 2.24) is 25.0 Å². The molecule has 1 atom stereocenters. The second-order valence-electron chi connectivity index (χ2n) is 7.99. The number of benzene rings is 1. The van der Waals surface area contributed by atoms with Crippen molar-refractivity contribution in [2.75, 3.05) is 32.8 Å². The second-order valence-corrected chi connectivity index (χ2v) is 8.38. The van der Waals surface area contributed by atoms with Crippen molar-refractivity contribution in [3.05, 3.63) is 65.6 Å². The first-order valence-electron chi connectivity index (χ1n) is 11.1. The summed E-state index contributed by atoms with van der Waals surface area (Å²) in [6.07, 6.45) is 4.93. The Hall–Kier alpha value is -2.94. The van der Waals surface area contributed by atoms with Gasteiger partial charge in [0.05, 0.1) is 11.8 Å². The first-order chi connectivity index (χ1) is 16.1. The Morgan fingerprint density at radius 1 is 1.15 bits per heavy atom. The molecular formula is C24H28ClN5O3. The van der Waals surface area contributed by atoms with Gasteiger partial charge in [0, 0.05) is 49.7 Å². The Bertz CT molecular complexity index is 1030. The minimum absolute atomic E-state index is 0.122. The van der Waals surface area contributed by atoms with Crippen molar-refractivity contribution in [3.63, 3.8) is 0 Å². The topological polar surface area (TPSA) is 92.5 Å². The van der Waals surface area contributed by atoms with E-state index in [4.69, 9.17) is 16.3 Å². The largest absolute Gasteiger partial charge is 0.492 e. The maximum Gasteiger partial charge on any atom is 0.244 e. The number of carbonyl (C=O) groups excluding carboxylic acids is 1. The van der Waals surface area contributed by atoms with Gasteiger partial charge in [-0.15, -0.1) is 0 Å². The molecule has 1 amide bonds. The van der Waals surface area contributed by atoms with E-state index in [0.717, 1.165) is 42.9 Å². The molecule has 1 aliphatic rings. The van der Waals surface area contributed by atoms with Crippen LogP contribution in [0.4, 0.5) is 0 Å². The molecule has 2 N–H and O–H groups in total. The molecule has 1 aromatic carbocycles. The summed E-state index contributed by atoms with van der Waals surface area (Å²) < 4.78 is 7.46. The van der Waals surface area contributed by atoms with E-state index in [9.17, 15) is 9.90 Å². The fourth-order valence-electron chi connectivity index (χ4n) is 3.71. The van der Waals surface area contributed by atoms with Crippen LogP contribution in [-0.4, -0.2) is 63.5 Å². The van der Waals surface area contributed by atoms with Crippen molar-refractivity contribution >= 4 is 17.5 Å². The Morgan fingerprint density at radius 3 is 2.67 bits per heavy atom. The number of ether oxygens (including phenoxy) is 1. The number of pyridine rings is 1. The maximum absolute atomic E-state index is 12.3.